The molecule has 1 saturated heterocycles. The zero-order valence-electron chi connectivity index (χ0n) is 11.5. The third-order valence-electron chi connectivity index (χ3n) is 4.47. The van der Waals surface area contributed by atoms with Crippen LogP contribution >= 0.6 is 0 Å². The van der Waals surface area contributed by atoms with Crippen molar-refractivity contribution in [2.75, 3.05) is 26.7 Å². The van der Waals surface area contributed by atoms with Gasteiger partial charge in [0.25, 0.3) is 0 Å². The summed E-state index contributed by atoms with van der Waals surface area (Å²) in [6, 6.07) is 10.7. The van der Waals surface area contributed by atoms with Crippen molar-refractivity contribution < 1.29 is 0 Å². The van der Waals surface area contributed by atoms with E-state index in [-0.39, 0.29) is 5.54 Å². The summed E-state index contributed by atoms with van der Waals surface area (Å²) in [5, 5.41) is 0. The Bertz CT molecular complexity index is 470. The first kappa shape index (κ1) is 12.5. The lowest BCUT2D eigenvalue weighted by Crippen LogP contribution is -2.58. The van der Waals surface area contributed by atoms with Crippen molar-refractivity contribution >= 4 is 5.96 Å². The van der Waals surface area contributed by atoms with Gasteiger partial charge in [-0.1, -0.05) is 30.3 Å². The molecular weight excluding hydrogens is 236 g/mol. The maximum absolute atomic E-state index is 5.94. The molecule has 2 heterocycles. The minimum atomic E-state index is 0.136. The van der Waals surface area contributed by atoms with Gasteiger partial charge in [-0.2, -0.15) is 0 Å². The van der Waals surface area contributed by atoms with E-state index in [4.69, 9.17) is 5.73 Å². The van der Waals surface area contributed by atoms with Gasteiger partial charge in [0, 0.05) is 20.1 Å². The van der Waals surface area contributed by atoms with Gasteiger partial charge in [0.05, 0.1) is 12.1 Å². The number of benzene rings is 1. The lowest BCUT2D eigenvalue weighted by atomic mass is 9.88. The fourth-order valence-corrected chi connectivity index (χ4v) is 3.27. The van der Waals surface area contributed by atoms with Crippen LogP contribution in [0.25, 0.3) is 0 Å². The summed E-state index contributed by atoms with van der Waals surface area (Å²) in [6.45, 7) is 4.10. The number of hydrogen-bond acceptors (Lipinski definition) is 4. The summed E-state index contributed by atoms with van der Waals surface area (Å²) < 4.78 is 0. The second kappa shape index (κ2) is 4.85. The first-order chi connectivity index (χ1) is 9.20. The average molecular weight is 258 g/mol. The minimum Gasteiger partial charge on any atom is -0.370 e. The van der Waals surface area contributed by atoms with Crippen LogP contribution in [0.1, 0.15) is 18.4 Å². The van der Waals surface area contributed by atoms with Crippen LogP contribution in [0.4, 0.5) is 0 Å². The van der Waals surface area contributed by atoms with E-state index < -0.39 is 0 Å². The number of likely N-dealkylation sites (tertiary alicyclic amines) is 1. The number of guanidine groups is 1. The molecular formula is C15H22N4. The third kappa shape index (κ3) is 2.32. The SMILES string of the molecule is CN1C(N)=NCC12CCCN(Cc1ccccc1)C2. The molecule has 2 N–H and O–H groups in total. The Kier molecular flexibility index (Phi) is 3.19. The highest BCUT2D eigenvalue weighted by atomic mass is 15.4. The van der Waals surface area contributed by atoms with Crippen LogP contribution in [-0.2, 0) is 6.54 Å². The van der Waals surface area contributed by atoms with E-state index in [1.165, 1.54) is 24.9 Å². The molecule has 0 aromatic heterocycles. The predicted molar refractivity (Wildman–Crippen MR) is 77.9 cm³/mol. The molecule has 1 fully saturated rings. The number of hydrogen-bond donors (Lipinski definition) is 1. The molecule has 102 valence electrons. The molecule has 1 aromatic carbocycles. The smallest absolute Gasteiger partial charge is 0.191 e. The summed E-state index contributed by atoms with van der Waals surface area (Å²) in [5.41, 5.74) is 7.46. The maximum atomic E-state index is 5.94. The molecule has 4 heteroatoms. The zero-order chi connectivity index (χ0) is 13.3. The van der Waals surface area contributed by atoms with Crippen molar-refractivity contribution in [1.29, 1.82) is 0 Å². The van der Waals surface area contributed by atoms with Gasteiger partial charge >= 0.3 is 0 Å². The second-order valence-electron chi connectivity index (χ2n) is 5.76. The van der Waals surface area contributed by atoms with Crippen LogP contribution < -0.4 is 5.73 Å². The Morgan fingerprint density at radius 3 is 2.79 bits per heavy atom. The molecule has 1 unspecified atom stereocenters. The molecule has 2 aliphatic rings. The van der Waals surface area contributed by atoms with E-state index in [9.17, 15) is 0 Å². The summed E-state index contributed by atoms with van der Waals surface area (Å²) in [6.07, 6.45) is 2.42. The van der Waals surface area contributed by atoms with Gasteiger partial charge in [-0.3, -0.25) is 9.89 Å². The van der Waals surface area contributed by atoms with E-state index in [1.54, 1.807) is 0 Å². The first-order valence-corrected chi connectivity index (χ1v) is 7.00. The molecule has 19 heavy (non-hydrogen) atoms. The topological polar surface area (TPSA) is 44.9 Å². The molecule has 2 aliphatic heterocycles. The molecule has 1 spiro atoms. The minimum absolute atomic E-state index is 0.136. The first-order valence-electron chi connectivity index (χ1n) is 7.00. The van der Waals surface area contributed by atoms with Gasteiger partial charge in [0.15, 0.2) is 5.96 Å². The second-order valence-corrected chi connectivity index (χ2v) is 5.76. The van der Waals surface area contributed by atoms with E-state index in [2.05, 4.69) is 52.2 Å². The fraction of sp³-hybridized carbons (Fsp3) is 0.533. The zero-order valence-corrected chi connectivity index (χ0v) is 11.5. The van der Waals surface area contributed by atoms with E-state index in [0.29, 0.717) is 5.96 Å². The van der Waals surface area contributed by atoms with Crippen molar-refractivity contribution in [2.45, 2.75) is 24.9 Å². The van der Waals surface area contributed by atoms with Crippen LogP contribution in [0.5, 0.6) is 0 Å². The molecule has 1 aromatic rings. The Labute approximate surface area is 114 Å². The summed E-state index contributed by atoms with van der Waals surface area (Å²) in [5.74, 6) is 0.696. The Morgan fingerprint density at radius 2 is 2.11 bits per heavy atom. The molecule has 3 rings (SSSR count). The molecule has 0 amide bonds. The Balaban J connectivity index is 1.69. The largest absolute Gasteiger partial charge is 0.370 e. The Hall–Kier alpha value is -1.55. The molecule has 4 nitrogen and oxygen atoms in total. The monoisotopic (exact) mass is 258 g/mol. The number of nitrogens with zero attached hydrogens (tertiary/aromatic N) is 3. The number of piperidine rings is 1. The van der Waals surface area contributed by atoms with E-state index in [1.807, 2.05) is 0 Å². The highest BCUT2D eigenvalue weighted by molar-refractivity contribution is 5.80. The van der Waals surface area contributed by atoms with Gasteiger partial charge in [-0.05, 0) is 24.9 Å². The summed E-state index contributed by atoms with van der Waals surface area (Å²) in [4.78, 5) is 9.15. The van der Waals surface area contributed by atoms with Gasteiger partial charge in [0.2, 0.25) is 0 Å². The third-order valence-corrected chi connectivity index (χ3v) is 4.47. The van der Waals surface area contributed by atoms with Crippen LogP contribution in [0.3, 0.4) is 0 Å². The van der Waals surface area contributed by atoms with E-state index in [0.717, 1.165) is 19.6 Å². The number of aliphatic imine (C=N–C) groups is 1. The van der Waals surface area contributed by atoms with Gasteiger partial charge < -0.3 is 10.6 Å². The highest BCUT2D eigenvalue weighted by Gasteiger charge is 2.43. The Morgan fingerprint density at radius 1 is 1.32 bits per heavy atom. The average Bonchev–Trinajstić information content (AvgIpc) is 2.69. The number of nitrogens with two attached hydrogens (primary N) is 1. The maximum Gasteiger partial charge on any atom is 0.191 e. The van der Waals surface area contributed by atoms with Crippen LogP contribution in [0.2, 0.25) is 0 Å². The number of likely N-dealkylation sites (N-methyl/N-ethyl adjacent to an activating group) is 1. The van der Waals surface area contributed by atoms with Gasteiger partial charge in [0.1, 0.15) is 0 Å². The van der Waals surface area contributed by atoms with Crippen molar-refractivity contribution in [2.24, 2.45) is 10.7 Å². The van der Waals surface area contributed by atoms with Crippen molar-refractivity contribution in [3.05, 3.63) is 35.9 Å². The lowest BCUT2D eigenvalue weighted by molar-refractivity contribution is 0.0811. The van der Waals surface area contributed by atoms with Crippen molar-refractivity contribution in [3.8, 4) is 0 Å². The summed E-state index contributed by atoms with van der Waals surface area (Å²) in [7, 11) is 2.08. The van der Waals surface area contributed by atoms with E-state index >= 15 is 0 Å². The van der Waals surface area contributed by atoms with Gasteiger partial charge in [-0.15, -0.1) is 0 Å². The molecule has 0 aliphatic carbocycles. The van der Waals surface area contributed by atoms with Crippen LogP contribution in [0.15, 0.2) is 35.3 Å². The lowest BCUT2D eigenvalue weighted by Gasteiger charge is -2.44. The normalized spacial score (nSPS) is 27.8. The quantitative estimate of drug-likeness (QED) is 0.869. The highest BCUT2D eigenvalue weighted by Crippen LogP contribution is 2.31. The molecule has 0 bridgehead atoms. The van der Waals surface area contributed by atoms with Crippen molar-refractivity contribution in [1.82, 2.24) is 9.80 Å². The molecule has 0 radical (unpaired) electrons. The summed E-state index contributed by atoms with van der Waals surface area (Å²) >= 11 is 0. The predicted octanol–water partition coefficient (Wildman–Crippen LogP) is 1.28. The van der Waals surface area contributed by atoms with Gasteiger partial charge in [-0.25, -0.2) is 0 Å². The van der Waals surface area contributed by atoms with Crippen LogP contribution in [-0.4, -0.2) is 48.0 Å². The van der Waals surface area contributed by atoms with Crippen LogP contribution in [0, 0.1) is 0 Å². The standard InChI is InChI=1S/C15H22N4/c1-18-14(16)17-11-15(18)8-5-9-19(12-15)10-13-6-3-2-4-7-13/h2-4,6-7H,5,8-12H2,1H3,(H2,16,17). The molecule has 0 saturated carbocycles. The van der Waals surface area contributed by atoms with Crippen molar-refractivity contribution in [3.63, 3.8) is 0 Å². The molecule has 1 atom stereocenters. The fourth-order valence-electron chi connectivity index (χ4n) is 3.27. The number of rotatable bonds is 2.